The third-order valence-electron chi connectivity index (χ3n) is 4.43. The maximum absolute atomic E-state index is 10.5. The zero-order valence-electron chi connectivity index (χ0n) is 13.2. The van der Waals surface area contributed by atoms with Crippen LogP contribution in [0.15, 0.2) is 18.2 Å². The van der Waals surface area contributed by atoms with E-state index in [4.69, 9.17) is 15.2 Å². The second-order valence-corrected chi connectivity index (χ2v) is 6.42. The number of nitrogens with zero attached hydrogens (tertiary/aromatic N) is 1. The van der Waals surface area contributed by atoms with Crippen LogP contribution in [0.3, 0.4) is 0 Å². The molecule has 0 bridgehead atoms. The van der Waals surface area contributed by atoms with E-state index in [1.54, 1.807) is 0 Å². The molecule has 1 fully saturated rings. The molecule has 5 nitrogen and oxygen atoms in total. The van der Waals surface area contributed by atoms with Gasteiger partial charge < -0.3 is 25.2 Å². The first-order chi connectivity index (χ1) is 10.6. The molecule has 3 N–H and O–H groups in total. The summed E-state index contributed by atoms with van der Waals surface area (Å²) in [5, 5.41) is 10.5. The molecule has 0 amide bonds. The number of likely N-dealkylation sites (tertiary alicyclic amines) is 1. The molecule has 2 heterocycles. The summed E-state index contributed by atoms with van der Waals surface area (Å²) >= 11 is 0. The van der Waals surface area contributed by atoms with Gasteiger partial charge >= 0.3 is 0 Å². The van der Waals surface area contributed by atoms with Gasteiger partial charge in [-0.1, -0.05) is 12.5 Å². The van der Waals surface area contributed by atoms with Crippen LogP contribution in [-0.4, -0.2) is 48.4 Å². The van der Waals surface area contributed by atoms with E-state index in [1.165, 1.54) is 19.3 Å². The van der Waals surface area contributed by atoms with E-state index >= 15 is 0 Å². The normalized spacial score (nSPS) is 24.8. The van der Waals surface area contributed by atoms with Crippen molar-refractivity contribution in [1.29, 1.82) is 0 Å². The van der Waals surface area contributed by atoms with Crippen molar-refractivity contribution in [1.82, 2.24) is 4.90 Å². The van der Waals surface area contributed by atoms with Gasteiger partial charge in [-0.3, -0.25) is 0 Å². The molecule has 122 valence electrons. The lowest BCUT2D eigenvalue weighted by atomic mass is 10.0. The molecule has 0 saturated carbocycles. The molecule has 3 unspecified atom stereocenters. The number of hydrogen-bond acceptors (Lipinski definition) is 5. The van der Waals surface area contributed by atoms with Gasteiger partial charge in [0, 0.05) is 12.6 Å². The number of aliphatic hydroxyl groups is 1. The summed E-state index contributed by atoms with van der Waals surface area (Å²) in [6, 6.07) is 5.29. The first kappa shape index (κ1) is 15.6. The fourth-order valence-corrected chi connectivity index (χ4v) is 3.17. The molecule has 1 aromatic carbocycles. The summed E-state index contributed by atoms with van der Waals surface area (Å²) < 4.78 is 11.4. The van der Waals surface area contributed by atoms with Crippen LogP contribution in [0, 0.1) is 0 Å². The molecular weight excluding hydrogens is 280 g/mol. The van der Waals surface area contributed by atoms with E-state index in [1.807, 2.05) is 25.1 Å². The largest absolute Gasteiger partial charge is 0.486 e. The zero-order chi connectivity index (χ0) is 15.5. The molecular formula is C17H26N2O3. The smallest absolute Gasteiger partial charge is 0.162 e. The van der Waals surface area contributed by atoms with Gasteiger partial charge in [0.05, 0.1) is 6.10 Å². The Morgan fingerprint density at radius 1 is 1.27 bits per heavy atom. The van der Waals surface area contributed by atoms with E-state index in [-0.39, 0.29) is 12.1 Å². The van der Waals surface area contributed by atoms with Crippen molar-refractivity contribution in [2.75, 3.05) is 26.2 Å². The average Bonchev–Trinajstić information content (AvgIpc) is 2.54. The molecule has 0 spiro atoms. The van der Waals surface area contributed by atoms with Gasteiger partial charge in [-0.2, -0.15) is 0 Å². The molecule has 1 saturated heterocycles. The molecule has 0 aromatic heterocycles. The van der Waals surface area contributed by atoms with Crippen molar-refractivity contribution >= 4 is 0 Å². The maximum Gasteiger partial charge on any atom is 0.162 e. The zero-order valence-corrected chi connectivity index (χ0v) is 13.2. The molecule has 5 heteroatoms. The first-order valence-electron chi connectivity index (χ1n) is 8.23. The van der Waals surface area contributed by atoms with E-state index in [0.29, 0.717) is 12.4 Å². The number of fused-ring (bicyclic) bond motifs is 1. The van der Waals surface area contributed by atoms with Gasteiger partial charge in [0.25, 0.3) is 0 Å². The van der Waals surface area contributed by atoms with E-state index in [2.05, 4.69) is 4.90 Å². The van der Waals surface area contributed by atoms with Crippen molar-refractivity contribution in [3.8, 4) is 11.5 Å². The van der Waals surface area contributed by atoms with Crippen LogP contribution in [0.4, 0.5) is 0 Å². The van der Waals surface area contributed by atoms with Gasteiger partial charge in [-0.25, -0.2) is 0 Å². The highest BCUT2D eigenvalue weighted by Gasteiger charge is 2.24. The van der Waals surface area contributed by atoms with Crippen molar-refractivity contribution in [3.05, 3.63) is 23.8 Å². The lowest BCUT2D eigenvalue weighted by Crippen LogP contribution is -2.43. The average molecular weight is 306 g/mol. The molecule has 0 aliphatic carbocycles. The Morgan fingerprint density at radius 3 is 2.82 bits per heavy atom. The minimum absolute atomic E-state index is 0.0296. The van der Waals surface area contributed by atoms with Crippen LogP contribution in [0.5, 0.6) is 11.5 Å². The summed E-state index contributed by atoms with van der Waals surface area (Å²) in [7, 11) is 0. The summed E-state index contributed by atoms with van der Waals surface area (Å²) in [6.45, 7) is 5.42. The minimum atomic E-state index is -0.687. The van der Waals surface area contributed by atoms with E-state index in [0.717, 1.165) is 30.9 Å². The minimum Gasteiger partial charge on any atom is -0.486 e. The summed E-state index contributed by atoms with van der Waals surface area (Å²) in [5.74, 6) is 1.43. The standard InChI is InChI=1S/C17H26N2O3/c1-12-11-21-15-6-5-13(9-16(15)22-12)17(20)14(18)10-19-7-3-2-4-8-19/h5-6,9,12,14,17,20H,2-4,7-8,10-11,18H2,1H3. The lowest BCUT2D eigenvalue weighted by molar-refractivity contribution is 0.0990. The Balaban J connectivity index is 1.66. The van der Waals surface area contributed by atoms with Crippen LogP contribution in [0.2, 0.25) is 0 Å². The number of hydrogen-bond donors (Lipinski definition) is 2. The fraction of sp³-hybridized carbons (Fsp3) is 0.647. The number of ether oxygens (including phenoxy) is 2. The molecule has 1 aromatic rings. The molecule has 2 aliphatic heterocycles. The van der Waals surface area contributed by atoms with E-state index in [9.17, 15) is 5.11 Å². The monoisotopic (exact) mass is 306 g/mol. The number of nitrogens with two attached hydrogens (primary N) is 1. The van der Waals surface area contributed by atoms with Crippen LogP contribution in [0.1, 0.15) is 37.9 Å². The van der Waals surface area contributed by atoms with Crippen molar-refractivity contribution < 1.29 is 14.6 Å². The van der Waals surface area contributed by atoms with E-state index < -0.39 is 6.10 Å². The summed E-state index contributed by atoms with van der Waals surface area (Å²) in [5.41, 5.74) is 7.01. The number of piperidine rings is 1. The molecule has 3 rings (SSSR count). The van der Waals surface area contributed by atoms with Crippen LogP contribution < -0.4 is 15.2 Å². The number of rotatable bonds is 4. The Hall–Kier alpha value is -1.30. The predicted octanol–water partition coefficient (Wildman–Crippen LogP) is 1.69. The van der Waals surface area contributed by atoms with Gasteiger partial charge in [0.1, 0.15) is 12.7 Å². The number of aliphatic hydroxyl groups excluding tert-OH is 1. The molecule has 2 aliphatic rings. The second-order valence-electron chi connectivity index (χ2n) is 6.42. The third kappa shape index (κ3) is 3.54. The van der Waals surface area contributed by atoms with Crippen molar-refractivity contribution in [2.45, 2.75) is 44.4 Å². The van der Waals surface area contributed by atoms with Gasteiger partial charge in [-0.15, -0.1) is 0 Å². The molecule has 22 heavy (non-hydrogen) atoms. The quantitative estimate of drug-likeness (QED) is 0.886. The number of benzene rings is 1. The van der Waals surface area contributed by atoms with Crippen LogP contribution >= 0.6 is 0 Å². The lowest BCUT2D eigenvalue weighted by Gasteiger charge is -2.31. The van der Waals surface area contributed by atoms with Crippen LogP contribution in [-0.2, 0) is 0 Å². The summed E-state index contributed by atoms with van der Waals surface area (Å²) in [6.07, 6.45) is 3.10. The van der Waals surface area contributed by atoms with Gasteiger partial charge in [0.15, 0.2) is 11.5 Å². The van der Waals surface area contributed by atoms with Crippen molar-refractivity contribution in [2.24, 2.45) is 5.73 Å². The Morgan fingerprint density at radius 2 is 2.05 bits per heavy atom. The fourth-order valence-electron chi connectivity index (χ4n) is 3.17. The highest BCUT2D eigenvalue weighted by atomic mass is 16.6. The molecule has 3 atom stereocenters. The summed E-state index contributed by atoms with van der Waals surface area (Å²) in [4.78, 5) is 2.34. The second kappa shape index (κ2) is 6.86. The Labute approximate surface area is 132 Å². The SMILES string of the molecule is CC1COc2ccc(C(O)C(N)CN3CCCCC3)cc2O1. The van der Waals surface area contributed by atoms with Crippen molar-refractivity contribution in [3.63, 3.8) is 0 Å². The topological polar surface area (TPSA) is 68.0 Å². The van der Waals surface area contributed by atoms with Crippen LogP contribution in [0.25, 0.3) is 0 Å². The first-order valence-corrected chi connectivity index (χ1v) is 8.23. The third-order valence-corrected chi connectivity index (χ3v) is 4.43. The van der Waals surface area contributed by atoms with Gasteiger partial charge in [0.2, 0.25) is 0 Å². The highest BCUT2D eigenvalue weighted by molar-refractivity contribution is 5.44. The predicted molar refractivity (Wildman–Crippen MR) is 85.3 cm³/mol. The Bertz CT molecular complexity index is 503. The van der Waals surface area contributed by atoms with Gasteiger partial charge in [-0.05, 0) is 50.6 Å². The molecule has 0 radical (unpaired) electrons. The Kier molecular flexibility index (Phi) is 4.86. The highest BCUT2D eigenvalue weighted by Crippen LogP contribution is 2.34. The maximum atomic E-state index is 10.5.